The highest BCUT2D eigenvalue weighted by Gasteiger charge is 2.05. The van der Waals surface area contributed by atoms with Crippen LogP contribution in [-0.2, 0) is 0 Å². The molecule has 2 aromatic rings. The second-order valence-electron chi connectivity index (χ2n) is 3.25. The van der Waals surface area contributed by atoms with Crippen LogP contribution in [0.2, 0.25) is 0 Å². The van der Waals surface area contributed by atoms with Crippen LogP contribution in [0.1, 0.15) is 5.82 Å². The molecule has 0 spiro atoms. The summed E-state index contributed by atoms with van der Waals surface area (Å²) in [6, 6.07) is 6.13. The number of rotatable bonds is 2. The molecule has 3 nitrogen and oxygen atoms in total. The molecule has 0 radical (unpaired) electrons. The molecule has 0 aliphatic heterocycles. The van der Waals surface area contributed by atoms with Gasteiger partial charge in [-0.15, -0.1) is 0 Å². The van der Waals surface area contributed by atoms with E-state index in [2.05, 4.69) is 41.8 Å². The molecule has 1 heterocycles. The van der Waals surface area contributed by atoms with Crippen molar-refractivity contribution < 1.29 is 9.13 Å². The molecule has 0 atom stereocenters. The lowest BCUT2D eigenvalue weighted by Crippen LogP contribution is -1.93. The van der Waals surface area contributed by atoms with Crippen LogP contribution in [0.15, 0.2) is 33.3 Å². The van der Waals surface area contributed by atoms with Gasteiger partial charge in [-0.2, -0.15) is 4.98 Å². The molecule has 0 saturated carbocycles. The van der Waals surface area contributed by atoms with Gasteiger partial charge in [0.15, 0.2) is 0 Å². The molecule has 0 amide bonds. The van der Waals surface area contributed by atoms with Gasteiger partial charge in [0.25, 0.3) is 0 Å². The number of aryl methyl sites for hydroxylation is 1. The van der Waals surface area contributed by atoms with E-state index in [9.17, 15) is 4.39 Å². The minimum atomic E-state index is -0.382. The average Bonchev–Trinajstić information content (AvgIpc) is 2.22. The summed E-state index contributed by atoms with van der Waals surface area (Å²) in [5.74, 6) is 0.945. The van der Waals surface area contributed by atoms with Gasteiger partial charge in [-0.1, -0.05) is 0 Å². The molecular weight excluding hydrogens is 355 g/mol. The number of halogens is 3. The van der Waals surface area contributed by atoms with E-state index in [1.807, 2.05) is 0 Å². The van der Waals surface area contributed by atoms with E-state index >= 15 is 0 Å². The van der Waals surface area contributed by atoms with Gasteiger partial charge in [0.05, 0.1) is 4.47 Å². The Morgan fingerprint density at radius 3 is 2.59 bits per heavy atom. The van der Waals surface area contributed by atoms with Crippen molar-refractivity contribution >= 4 is 31.9 Å². The zero-order chi connectivity index (χ0) is 12.4. The number of nitrogens with zero attached hydrogens (tertiary/aromatic N) is 2. The predicted octanol–water partition coefficient (Wildman–Crippen LogP) is 4.24. The maximum atomic E-state index is 13.3. The van der Waals surface area contributed by atoms with Gasteiger partial charge in [0, 0.05) is 12.1 Å². The Morgan fingerprint density at radius 1 is 1.18 bits per heavy atom. The maximum Gasteiger partial charge on any atom is 0.223 e. The highest BCUT2D eigenvalue weighted by molar-refractivity contribution is 9.10. The van der Waals surface area contributed by atoms with Gasteiger partial charge >= 0.3 is 0 Å². The molecule has 0 bridgehead atoms. The van der Waals surface area contributed by atoms with Gasteiger partial charge in [0.2, 0.25) is 5.88 Å². The predicted molar refractivity (Wildman–Crippen MR) is 68.6 cm³/mol. The molecule has 1 aromatic heterocycles. The van der Waals surface area contributed by atoms with E-state index in [1.165, 1.54) is 6.07 Å². The van der Waals surface area contributed by atoms with Crippen LogP contribution in [0.3, 0.4) is 0 Å². The first-order valence-corrected chi connectivity index (χ1v) is 6.27. The van der Waals surface area contributed by atoms with Crippen molar-refractivity contribution in [3.05, 3.63) is 45.0 Å². The Bertz CT molecular complexity index is 543. The zero-order valence-corrected chi connectivity index (χ0v) is 11.9. The summed E-state index contributed by atoms with van der Waals surface area (Å²) in [5.41, 5.74) is 0. The Kier molecular flexibility index (Phi) is 3.73. The van der Waals surface area contributed by atoms with E-state index in [4.69, 9.17) is 4.74 Å². The minimum absolute atomic E-state index is 0.367. The highest BCUT2D eigenvalue weighted by atomic mass is 79.9. The average molecular weight is 362 g/mol. The van der Waals surface area contributed by atoms with Crippen molar-refractivity contribution in [2.75, 3.05) is 0 Å². The molecule has 0 fully saturated rings. The van der Waals surface area contributed by atoms with E-state index in [1.54, 1.807) is 25.1 Å². The second kappa shape index (κ2) is 5.10. The minimum Gasteiger partial charge on any atom is -0.439 e. The molecule has 0 aliphatic rings. The van der Waals surface area contributed by atoms with Crippen LogP contribution in [0.4, 0.5) is 4.39 Å². The first-order valence-electron chi connectivity index (χ1n) is 4.69. The van der Waals surface area contributed by atoms with Gasteiger partial charge in [0.1, 0.15) is 22.0 Å². The largest absolute Gasteiger partial charge is 0.439 e. The van der Waals surface area contributed by atoms with Crippen molar-refractivity contribution in [3.63, 3.8) is 0 Å². The first-order chi connectivity index (χ1) is 8.04. The molecular formula is C11H7Br2FN2O. The molecule has 0 aliphatic carbocycles. The fourth-order valence-corrected chi connectivity index (χ4v) is 1.92. The van der Waals surface area contributed by atoms with Gasteiger partial charge in [-0.25, -0.2) is 9.37 Å². The Hall–Kier alpha value is -1.01. The molecule has 0 N–H and O–H groups in total. The third kappa shape index (κ3) is 3.23. The van der Waals surface area contributed by atoms with Crippen LogP contribution in [0.5, 0.6) is 11.6 Å². The summed E-state index contributed by atoms with van der Waals surface area (Å²) in [4.78, 5) is 8.14. The number of benzene rings is 1. The van der Waals surface area contributed by atoms with Crippen LogP contribution in [0, 0.1) is 12.7 Å². The normalized spacial score (nSPS) is 10.4. The van der Waals surface area contributed by atoms with Crippen molar-refractivity contribution in [2.45, 2.75) is 6.92 Å². The van der Waals surface area contributed by atoms with Gasteiger partial charge < -0.3 is 4.74 Å². The maximum absolute atomic E-state index is 13.3. The first kappa shape index (κ1) is 12.4. The van der Waals surface area contributed by atoms with E-state index in [0.29, 0.717) is 26.5 Å². The number of aromatic nitrogens is 2. The number of hydrogen-bond acceptors (Lipinski definition) is 3. The third-order valence-electron chi connectivity index (χ3n) is 1.90. The SMILES string of the molecule is Cc1nc(Br)cc(Oc2ccc(Br)c(F)c2)n1. The number of ether oxygens (including phenoxy) is 1. The van der Waals surface area contributed by atoms with E-state index in [-0.39, 0.29) is 5.82 Å². The van der Waals surface area contributed by atoms with E-state index in [0.717, 1.165) is 0 Å². The highest BCUT2D eigenvalue weighted by Crippen LogP contribution is 2.25. The lowest BCUT2D eigenvalue weighted by molar-refractivity contribution is 0.454. The van der Waals surface area contributed by atoms with Crippen molar-refractivity contribution in [3.8, 4) is 11.6 Å². The Balaban J connectivity index is 2.28. The Labute approximate surface area is 114 Å². The fourth-order valence-electron chi connectivity index (χ4n) is 1.22. The summed E-state index contributed by atoms with van der Waals surface area (Å²) in [6.45, 7) is 1.75. The number of hydrogen-bond donors (Lipinski definition) is 0. The van der Waals surface area contributed by atoms with Crippen LogP contribution < -0.4 is 4.74 Å². The smallest absolute Gasteiger partial charge is 0.223 e. The van der Waals surface area contributed by atoms with Crippen molar-refractivity contribution in [1.29, 1.82) is 0 Å². The molecule has 1 aromatic carbocycles. The summed E-state index contributed by atoms with van der Waals surface area (Å²) in [6.07, 6.45) is 0. The van der Waals surface area contributed by atoms with Crippen molar-refractivity contribution in [1.82, 2.24) is 9.97 Å². The van der Waals surface area contributed by atoms with Crippen LogP contribution in [0.25, 0.3) is 0 Å². The quantitative estimate of drug-likeness (QED) is 0.750. The Morgan fingerprint density at radius 2 is 1.94 bits per heavy atom. The molecule has 0 unspecified atom stereocenters. The molecule has 6 heteroatoms. The van der Waals surface area contributed by atoms with Gasteiger partial charge in [-0.3, -0.25) is 0 Å². The summed E-state index contributed by atoms with van der Waals surface area (Å²) >= 11 is 6.31. The summed E-state index contributed by atoms with van der Waals surface area (Å²) < 4.78 is 19.7. The van der Waals surface area contributed by atoms with Crippen LogP contribution in [-0.4, -0.2) is 9.97 Å². The molecule has 2 rings (SSSR count). The fraction of sp³-hybridized carbons (Fsp3) is 0.0909. The standard InChI is InChI=1S/C11H7Br2FN2O/c1-6-15-10(13)5-11(16-6)17-7-2-3-8(12)9(14)4-7/h2-5H,1H3. The molecule has 88 valence electrons. The summed E-state index contributed by atoms with van der Waals surface area (Å²) in [5, 5.41) is 0. The molecule has 17 heavy (non-hydrogen) atoms. The lowest BCUT2D eigenvalue weighted by Gasteiger charge is -2.06. The van der Waals surface area contributed by atoms with Crippen LogP contribution >= 0.6 is 31.9 Å². The molecule has 0 saturated heterocycles. The lowest BCUT2D eigenvalue weighted by atomic mass is 10.3. The second-order valence-corrected chi connectivity index (χ2v) is 4.92. The zero-order valence-electron chi connectivity index (χ0n) is 8.75. The van der Waals surface area contributed by atoms with Crippen molar-refractivity contribution in [2.24, 2.45) is 0 Å². The summed E-state index contributed by atoms with van der Waals surface area (Å²) in [7, 11) is 0. The van der Waals surface area contributed by atoms with Gasteiger partial charge in [-0.05, 0) is 50.9 Å². The topological polar surface area (TPSA) is 35.0 Å². The third-order valence-corrected chi connectivity index (χ3v) is 2.95. The monoisotopic (exact) mass is 360 g/mol. The van der Waals surface area contributed by atoms with E-state index < -0.39 is 0 Å².